The maximum atomic E-state index is 2.29. The summed E-state index contributed by atoms with van der Waals surface area (Å²) in [5.74, 6) is 0. The Morgan fingerprint density at radius 1 is 1.00 bits per heavy atom. The monoisotopic (exact) mass is 122 g/mol. The third-order valence-electron chi connectivity index (χ3n) is 1.06. The van der Waals surface area contributed by atoms with Crippen molar-refractivity contribution in [3.63, 3.8) is 0 Å². The van der Waals surface area contributed by atoms with Gasteiger partial charge in [-0.15, -0.1) is 5.11 Å². The highest BCUT2D eigenvalue weighted by atomic mass is 14.0. The molecule has 9 heavy (non-hydrogen) atoms. The first-order valence-corrected chi connectivity index (χ1v) is 3.71. The van der Waals surface area contributed by atoms with E-state index in [2.05, 4.69) is 43.4 Å². The Morgan fingerprint density at radius 2 is 1.33 bits per heavy atom. The Morgan fingerprint density at radius 3 is 1.33 bits per heavy atom. The quantitative estimate of drug-likeness (QED) is 0.429. The molecule has 0 saturated carbocycles. The molecule has 0 aromatic carbocycles. The lowest BCUT2D eigenvalue weighted by molar-refractivity contribution is 0.742. The van der Waals surface area contributed by atoms with E-state index in [0.717, 1.165) is 0 Å². The van der Waals surface area contributed by atoms with Gasteiger partial charge in [0.15, 0.2) is 0 Å². The van der Waals surface area contributed by atoms with Gasteiger partial charge in [-0.05, 0) is 0 Å². The molecule has 3 heteroatoms. The summed E-state index contributed by atoms with van der Waals surface area (Å²) in [4.78, 5) is 0. The highest BCUT2D eigenvalue weighted by Gasteiger charge is 2.22. The highest BCUT2D eigenvalue weighted by molar-refractivity contribution is 6.69. The zero-order valence-corrected chi connectivity index (χ0v) is 7.71. The van der Waals surface area contributed by atoms with Crippen molar-refractivity contribution in [1.82, 2.24) is 0 Å². The predicted molar refractivity (Wildman–Crippen MR) is 52.3 cm³/mol. The van der Waals surface area contributed by atoms with Crippen LogP contribution >= 0.6 is 0 Å². The Bertz CT molecular complexity index is 73.5. The molecule has 0 nitrogen and oxygen atoms in total. The van der Waals surface area contributed by atoms with Crippen molar-refractivity contribution in [2.75, 3.05) is 0 Å². The van der Waals surface area contributed by atoms with E-state index in [0.29, 0.717) is 10.4 Å². The van der Waals surface area contributed by atoms with E-state index in [9.17, 15) is 0 Å². The van der Waals surface area contributed by atoms with Gasteiger partial charge in [0.1, 0.15) is 7.28 Å². The lowest BCUT2D eigenvalue weighted by Crippen LogP contribution is -2.24. The summed E-state index contributed by atoms with van der Waals surface area (Å²) < 4.78 is 0. The van der Waals surface area contributed by atoms with Crippen molar-refractivity contribution in [3.05, 3.63) is 0 Å². The molecule has 0 aromatic rings. The molecule has 0 unspecified atom stereocenters. The fourth-order valence-electron chi connectivity index (χ4n) is 1.59. The first-order valence-electron chi connectivity index (χ1n) is 3.71. The lowest BCUT2D eigenvalue weighted by atomic mass is 9.27. The van der Waals surface area contributed by atoms with E-state index in [1.807, 2.05) is 0 Å². The van der Waals surface area contributed by atoms with Gasteiger partial charge in [-0.1, -0.05) is 33.0 Å². The molecule has 0 aliphatic rings. The van der Waals surface area contributed by atoms with E-state index >= 15 is 0 Å². The van der Waals surface area contributed by atoms with Crippen molar-refractivity contribution in [2.24, 2.45) is 0 Å². The van der Waals surface area contributed by atoms with Crippen LogP contribution in [0, 0.1) is 0 Å². The van der Waals surface area contributed by atoms with E-state index in [4.69, 9.17) is 0 Å². The van der Waals surface area contributed by atoms with Gasteiger partial charge in [-0.3, -0.25) is 0 Å². The van der Waals surface area contributed by atoms with E-state index in [1.165, 1.54) is 7.28 Å². The first kappa shape index (κ1) is 9.19. The average molecular weight is 122 g/mol. The Hall–Kier alpha value is 0.195. The Balaban J connectivity index is 3.75. The SMILES string of the molecule is BC(B)(C)BC(C)(C)C. The molecule has 0 aliphatic carbocycles. The summed E-state index contributed by atoms with van der Waals surface area (Å²) in [7, 11) is 5.87. The van der Waals surface area contributed by atoms with Gasteiger partial charge in [-0.25, -0.2) is 0 Å². The minimum atomic E-state index is 0.484. The first-order chi connectivity index (χ1) is 3.71. The van der Waals surface area contributed by atoms with E-state index in [1.54, 1.807) is 0 Å². The second-order valence-corrected chi connectivity index (χ2v) is 5.30. The lowest BCUT2D eigenvalue weighted by Gasteiger charge is -2.26. The van der Waals surface area contributed by atoms with Gasteiger partial charge in [-0.2, -0.15) is 0 Å². The molecule has 0 saturated heterocycles. The largest absolute Gasteiger partial charge is 0.117 e. The van der Waals surface area contributed by atoms with Crippen LogP contribution in [0.3, 0.4) is 0 Å². The topological polar surface area (TPSA) is 0 Å². The summed E-state index contributed by atoms with van der Waals surface area (Å²) in [6.45, 7) is 9.16. The molecule has 0 aliphatic heterocycles. The second kappa shape index (κ2) is 2.44. The third-order valence-corrected chi connectivity index (χ3v) is 1.06. The highest BCUT2D eigenvalue weighted by Crippen LogP contribution is 2.29. The van der Waals surface area contributed by atoms with Crippen molar-refractivity contribution in [1.29, 1.82) is 0 Å². The third kappa shape index (κ3) is 8.19. The maximum Gasteiger partial charge on any atom is 0.117 e. The summed E-state index contributed by atoms with van der Waals surface area (Å²) in [5.41, 5.74) is 0. The van der Waals surface area contributed by atoms with E-state index < -0.39 is 0 Å². The molecule has 0 atom stereocenters. The standard InChI is InChI=1S/C6H17B3/c1-5(2,3)9-6(4,7)8/h9H,7-8H2,1-4H3. The molecule has 0 amide bonds. The van der Waals surface area contributed by atoms with Crippen molar-refractivity contribution >= 4 is 23.0 Å². The van der Waals surface area contributed by atoms with Crippen LogP contribution in [0.2, 0.25) is 10.4 Å². The van der Waals surface area contributed by atoms with Gasteiger partial charge in [0.2, 0.25) is 0 Å². The van der Waals surface area contributed by atoms with Gasteiger partial charge in [0, 0.05) is 0 Å². The van der Waals surface area contributed by atoms with Crippen LogP contribution in [0.5, 0.6) is 0 Å². The van der Waals surface area contributed by atoms with Crippen LogP contribution in [0.25, 0.3) is 0 Å². The van der Waals surface area contributed by atoms with E-state index in [-0.39, 0.29) is 0 Å². The molecule has 0 radical (unpaired) electrons. The number of hydrogen-bond donors (Lipinski definition) is 0. The zero-order valence-electron chi connectivity index (χ0n) is 7.71. The van der Waals surface area contributed by atoms with Crippen LogP contribution in [-0.4, -0.2) is 23.0 Å². The Labute approximate surface area is 61.9 Å². The minimum Gasteiger partial charge on any atom is -0.110 e. The number of hydrogen-bond acceptors (Lipinski definition) is 0. The smallest absolute Gasteiger partial charge is 0.110 e. The summed E-state index contributed by atoms with van der Waals surface area (Å²) in [6, 6.07) is 0. The van der Waals surface area contributed by atoms with Gasteiger partial charge in [0.05, 0.1) is 15.7 Å². The molecule has 0 fully saturated rings. The Kier molecular flexibility index (Phi) is 2.49. The average Bonchev–Trinajstić information content (AvgIpc) is 1.14. The van der Waals surface area contributed by atoms with Crippen LogP contribution in [0.1, 0.15) is 27.7 Å². The zero-order chi connectivity index (χ0) is 7.71. The van der Waals surface area contributed by atoms with Crippen LogP contribution in [0.15, 0.2) is 0 Å². The van der Waals surface area contributed by atoms with Crippen LogP contribution < -0.4 is 0 Å². The van der Waals surface area contributed by atoms with Gasteiger partial charge >= 0.3 is 0 Å². The molecular formula is C6H17B3. The van der Waals surface area contributed by atoms with Crippen molar-refractivity contribution in [2.45, 2.75) is 38.1 Å². The summed E-state index contributed by atoms with van der Waals surface area (Å²) in [5, 5.41) is 0.969. The second-order valence-electron chi connectivity index (χ2n) is 5.30. The molecule has 0 aromatic heterocycles. The fourth-order valence-corrected chi connectivity index (χ4v) is 1.59. The minimum absolute atomic E-state index is 0.484. The molecular weight excluding hydrogens is 105 g/mol. The van der Waals surface area contributed by atoms with Gasteiger partial charge in [0.25, 0.3) is 0 Å². The number of rotatable bonds is 1. The van der Waals surface area contributed by atoms with Gasteiger partial charge < -0.3 is 0 Å². The van der Waals surface area contributed by atoms with Crippen molar-refractivity contribution in [3.8, 4) is 0 Å². The predicted octanol–water partition coefficient (Wildman–Crippen LogP) is 0.00110. The molecule has 0 bridgehead atoms. The van der Waals surface area contributed by atoms with Crippen molar-refractivity contribution < 1.29 is 0 Å². The molecule has 50 valence electrons. The molecule has 0 rings (SSSR count). The normalized spacial score (nSPS) is 13.3. The summed E-state index contributed by atoms with van der Waals surface area (Å²) in [6.07, 6.45) is 0. The van der Waals surface area contributed by atoms with Crippen LogP contribution in [-0.2, 0) is 0 Å². The fraction of sp³-hybridized carbons (Fsp3) is 1.00. The molecule has 0 N–H and O–H groups in total. The molecule has 0 spiro atoms. The summed E-state index contributed by atoms with van der Waals surface area (Å²) >= 11 is 0. The molecule has 0 heterocycles. The van der Waals surface area contributed by atoms with Crippen LogP contribution in [0.4, 0.5) is 0 Å². The maximum absolute atomic E-state index is 2.29.